The molecule has 0 aliphatic carbocycles. The molecule has 0 atom stereocenters. The molecular weight excluding hydrogens is 442 g/mol. The maximum atomic E-state index is 12.0. The van der Waals surface area contributed by atoms with Gasteiger partial charge >= 0.3 is 11.8 Å². The molecule has 0 aromatic heterocycles. The number of nitrogens with zero attached hydrogens (tertiary/aromatic N) is 1. The van der Waals surface area contributed by atoms with Crippen LogP contribution in [0, 0.1) is 6.92 Å². The molecule has 8 heteroatoms. The van der Waals surface area contributed by atoms with Crippen LogP contribution in [0.1, 0.15) is 23.6 Å². The minimum absolute atomic E-state index is 0.329. The average Bonchev–Trinajstić information content (AvgIpc) is 2.80. The Balaban J connectivity index is 1.60. The summed E-state index contributed by atoms with van der Waals surface area (Å²) in [6.07, 6.45) is 1.41. The largest absolute Gasteiger partial charge is 0.490 e. The van der Waals surface area contributed by atoms with Gasteiger partial charge in [-0.25, -0.2) is 5.43 Å². The van der Waals surface area contributed by atoms with E-state index in [1.165, 1.54) is 6.21 Å². The highest BCUT2D eigenvalue weighted by molar-refractivity contribution is 6.41. The van der Waals surface area contributed by atoms with E-state index < -0.39 is 11.8 Å². The number of para-hydroxylation sites is 1. The van der Waals surface area contributed by atoms with E-state index in [4.69, 9.17) is 21.1 Å². The van der Waals surface area contributed by atoms with Gasteiger partial charge in [0.1, 0.15) is 6.61 Å². The molecule has 2 N–H and O–H groups in total. The first-order valence-electron chi connectivity index (χ1n) is 10.3. The molecule has 33 heavy (non-hydrogen) atoms. The Morgan fingerprint density at radius 2 is 1.79 bits per heavy atom. The van der Waals surface area contributed by atoms with E-state index >= 15 is 0 Å². The number of carbonyl (C=O) groups is 2. The lowest BCUT2D eigenvalue weighted by Crippen LogP contribution is -2.32. The lowest BCUT2D eigenvalue weighted by molar-refractivity contribution is -0.136. The Morgan fingerprint density at radius 1 is 0.970 bits per heavy atom. The molecule has 7 nitrogen and oxygen atoms in total. The first-order valence-corrected chi connectivity index (χ1v) is 10.7. The van der Waals surface area contributed by atoms with Crippen molar-refractivity contribution in [1.29, 1.82) is 0 Å². The highest BCUT2D eigenvalue weighted by Gasteiger charge is 2.14. The summed E-state index contributed by atoms with van der Waals surface area (Å²) in [4.78, 5) is 24.0. The lowest BCUT2D eigenvalue weighted by Gasteiger charge is -2.13. The number of aryl methyl sites for hydroxylation is 1. The number of carbonyl (C=O) groups excluding carboxylic acids is 2. The number of rotatable bonds is 8. The van der Waals surface area contributed by atoms with Gasteiger partial charge in [-0.05, 0) is 55.3 Å². The van der Waals surface area contributed by atoms with Gasteiger partial charge in [-0.15, -0.1) is 0 Å². The van der Waals surface area contributed by atoms with Crippen molar-refractivity contribution >= 4 is 35.3 Å². The number of hydrazone groups is 1. The van der Waals surface area contributed by atoms with E-state index in [9.17, 15) is 9.59 Å². The number of anilines is 1. The van der Waals surface area contributed by atoms with Crippen molar-refractivity contribution in [1.82, 2.24) is 5.43 Å². The van der Waals surface area contributed by atoms with Crippen molar-refractivity contribution in [3.05, 3.63) is 88.4 Å². The van der Waals surface area contributed by atoms with Crippen LogP contribution in [-0.4, -0.2) is 24.6 Å². The fraction of sp³-hybridized carbons (Fsp3) is 0.160. The number of hydrogen-bond acceptors (Lipinski definition) is 5. The summed E-state index contributed by atoms with van der Waals surface area (Å²) < 4.78 is 11.6. The maximum absolute atomic E-state index is 12.0. The first kappa shape index (κ1) is 23.8. The Kier molecular flexibility index (Phi) is 8.43. The second kappa shape index (κ2) is 11.7. The topological polar surface area (TPSA) is 89.0 Å². The predicted molar refractivity (Wildman–Crippen MR) is 129 cm³/mol. The van der Waals surface area contributed by atoms with Crippen molar-refractivity contribution in [2.24, 2.45) is 5.10 Å². The van der Waals surface area contributed by atoms with Gasteiger partial charge in [-0.3, -0.25) is 9.59 Å². The van der Waals surface area contributed by atoms with Gasteiger partial charge in [-0.2, -0.15) is 5.10 Å². The smallest absolute Gasteiger partial charge is 0.329 e. The predicted octanol–water partition coefficient (Wildman–Crippen LogP) is 4.71. The van der Waals surface area contributed by atoms with Crippen LogP contribution < -0.4 is 20.2 Å². The van der Waals surface area contributed by atoms with E-state index in [2.05, 4.69) is 21.9 Å². The van der Waals surface area contributed by atoms with Crippen LogP contribution in [0.25, 0.3) is 0 Å². The number of hydrogen-bond donors (Lipinski definition) is 2. The monoisotopic (exact) mass is 465 g/mol. The number of nitrogens with one attached hydrogen (secondary N) is 2. The van der Waals surface area contributed by atoms with Gasteiger partial charge in [0.05, 0.1) is 23.5 Å². The molecule has 0 bridgehead atoms. The molecule has 0 spiro atoms. The molecule has 0 saturated carbocycles. The summed E-state index contributed by atoms with van der Waals surface area (Å²) in [7, 11) is 0. The van der Waals surface area contributed by atoms with Crippen molar-refractivity contribution in [2.45, 2.75) is 20.5 Å². The summed E-state index contributed by atoms with van der Waals surface area (Å²) >= 11 is 5.98. The fourth-order valence-electron chi connectivity index (χ4n) is 2.91. The van der Waals surface area contributed by atoms with Gasteiger partial charge in [0, 0.05) is 0 Å². The van der Waals surface area contributed by atoms with Crippen LogP contribution >= 0.6 is 11.6 Å². The lowest BCUT2D eigenvalue weighted by atomic mass is 10.1. The molecule has 0 fully saturated rings. The van der Waals surface area contributed by atoms with Crippen molar-refractivity contribution in [3.8, 4) is 11.5 Å². The number of benzene rings is 3. The minimum atomic E-state index is -0.922. The van der Waals surface area contributed by atoms with Crippen molar-refractivity contribution < 1.29 is 19.1 Å². The molecule has 0 aliphatic rings. The Bertz CT molecular complexity index is 1160. The SMILES string of the molecule is CCOc1cc(C=NNC(=O)C(=O)Nc2ccccc2Cl)ccc1OCc1cccc(C)c1. The summed E-state index contributed by atoms with van der Waals surface area (Å²) in [5, 5.41) is 6.60. The fourth-order valence-corrected chi connectivity index (χ4v) is 3.10. The molecule has 3 aromatic rings. The van der Waals surface area contributed by atoms with Gasteiger partial charge in [0.2, 0.25) is 0 Å². The second-order valence-corrected chi connectivity index (χ2v) is 7.46. The van der Waals surface area contributed by atoms with Gasteiger partial charge in [-0.1, -0.05) is 53.6 Å². The standard InChI is InChI=1S/C25H24ClN3O4/c1-3-32-23-14-18(11-12-22(23)33-16-19-8-6-7-17(2)13-19)15-27-29-25(31)24(30)28-21-10-5-4-9-20(21)26/h4-15H,3,16H2,1-2H3,(H,28,30)(H,29,31). The highest BCUT2D eigenvalue weighted by Crippen LogP contribution is 2.29. The number of ether oxygens (including phenoxy) is 2. The highest BCUT2D eigenvalue weighted by atomic mass is 35.5. The number of amides is 2. The van der Waals surface area contributed by atoms with E-state index in [1.54, 1.807) is 42.5 Å². The molecule has 0 saturated heterocycles. The third-order valence-corrected chi connectivity index (χ3v) is 4.78. The Morgan fingerprint density at radius 3 is 2.55 bits per heavy atom. The molecule has 0 heterocycles. The van der Waals surface area contributed by atoms with Gasteiger partial charge in [0.15, 0.2) is 11.5 Å². The zero-order valence-electron chi connectivity index (χ0n) is 18.3. The van der Waals surface area contributed by atoms with Crippen LogP contribution in [0.5, 0.6) is 11.5 Å². The van der Waals surface area contributed by atoms with Crippen LogP contribution in [0.15, 0.2) is 71.8 Å². The van der Waals surface area contributed by atoms with Crippen LogP contribution in [0.3, 0.4) is 0 Å². The number of halogens is 1. The quantitative estimate of drug-likeness (QED) is 0.286. The van der Waals surface area contributed by atoms with Crippen LogP contribution in [0.2, 0.25) is 5.02 Å². The summed E-state index contributed by atoms with van der Waals surface area (Å²) in [5.41, 5.74) is 5.41. The van der Waals surface area contributed by atoms with Crippen LogP contribution in [0.4, 0.5) is 5.69 Å². The summed E-state index contributed by atoms with van der Waals surface area (Å²) in [6, 6.07) is 20.0. The van der Waals surface area contributed by atoms with Crippen molar-refractivity contribution in [2.75, 3.05) is 11.9 Å². The molecule has 2 amide bonds. The molecule has 170 valence electrons. The van der Waals surface area contributed by atoms with Crippen molar-refractivity contribution in [3.63, 3.8) is 0 Å². The van der Waals surface area contributed by atoms with E-state index in [0.29, 0.717) is 41.0 Å². The zero-order chi connectivity index (χ0) is 23.6. The van der Waals surface area contributed by atoms with Crippen LogP contribution in [-0.2, 0) is 16.2 Å². The maximum Gasteiger partial charge on any atom is 0.329 e. The second-order valence-electron chi connectivity index (χ2n) is 7.05. The average molecular weight is 466 g/mol. The van der Waals surface area contributed by atoms with E-state index in [0.717, 1.165) is 11.1 Å². The molecule has 0 unspecified atom stereocenters. The Hall–Kier alpha value is -3.84. The minimum Gasteiger partial charge on any atom is -0.490 e. The molecule has 0 radical (unpaired) electrons. The third kappa shape index (κ3) is 7.08. The Labute approximate surface area is 197 Å². The summed E-state index contributed by atoms with van der Waals surface area (Å²) in [5.74, 6) is -0.653. The first-order chi connectivity index (χ1) is 16.0. The normalized spacial score (nSPS) is 10.6. The molecule has 0 aliphatic heterocycles. The van der Waals surface area contributed by atoms with Gasteiger partial charge < -0.3 is 14.8 Å². The van der Waals surface area contributed by atoms with E-state index in [1.807, 2.05) is 32.0 Å². The van der Waals surface area contributed by atoms with E-state index in [-0.39, 0.29) is 0 Å². The zero-order valence-corrected chi connectivity index (χ0v) is 19.1. The third-order valence-electron chi connectivity index (χ3n) is 4.45. The molecule has 3 aromatic carbocycles. The summed E-state index contributed by atoms with van der Waals surface area (Å²) in [6.45, 7) is 4.78. The van der Waals surface area contributed by atoms with Gasteiger partial charge in [0.25, 0.3) is 0 Å². The molecular formula is C25H24ClN3O4. The molecule has 3 rings (SSSR count).